The van der Waals surface area contributed by atoms with Crippen molar-refractivity contribution in [3.8, 4) is 0 Å². The predicted octanol–water partition coefficient (Wildman–Crippen LogP) is 0.203. The van der Waals surface area contributed by atoms with Crippen LogP contribution in [0.5, 0.6) is 0 Å². The van der Waals surface area contributed by atoms with Gasteiger partial charge >= 0.3 is 5.97 Å². The highest BCUT2D eigenvalue weighted by atomic mass is 35.5. The van der Waals surface area contributed by atoms with E-state index in [0.717, 1.165) is 0 Å². The average Bonchev–Trinajstić information content (AvgIpc) is 1.87. The summed E-state index contributed by atoms with van der Waals surface area (Å²) in [5.41, 5.74) is 0. The third kappa shape index (κ3) is 3.83. The first kappa shape index (κ1) is 10.2. The van der Waals surface area contributed by atoms with Crippen molar-refractivity contribution < 1.29 is 14.7 Å². The second kappa shape index (κ2) is 4.18. The molecule has 64 valence electrons. The molecule has 0 aliphatic rings. The molecule has 2 N–H and O–H groups in total. The second-order valence-corrected chi connectivity index (χ2v) is 2.84. The van der Waals surface area contributed by atoms with Crippen LogP contribution in [0.15, 0.2) is 0 Å². The van der Waals surface area contributed by atoms with Crippen LogP contribution in [0.2, 0.25) is 0 Å². The number of carbonyl (C=O) groups is 2. The van der Waals surface area contributed by atoms with E-state index in [1.807, 2.05) is 0 Å². The lowest BCUT2D eigenvalue weighted by Crippen LogP contribution is -2.41. The summed E-state index contributed by atoms with van der Waals surface area (Å²) in [5.74, 6) is -1.54. The van der Waals surface area contributed by atoms with Gasteiger partial charge in [-0.2, -0.15) is 0 Å². The number of carboxylic acids is 1. The van der Waals surface area contributed by atoms with Gasteiger partial charge in [0.05, 0.1) is 0 Å². The minimum atomic E-state index is -1.07. The van der Waals surface area contributed by atoms with Crippen molar-refractivity contribution in [1.29, 1.82) is 0 Å². The van der Waals surface area contributed by atoms with Crippen LogP contribution in [-0.4, -0.2) is 28.4 Å². The van der Waals surface area contributed by atoms with Gasteiger partial charge in [-0.1, -0.05) is 0 Å². The Balaban J connectivity index is 3.85. The Morgan fingerprint density at radius 3 is 2.18 bits per heavy atom. The normalized spacial score (nSPS) is 15.2. The van der Waals surface area contributed by atoms with Crippen LogP contribution in [0.4, 0.5) is 0 Å². The summed E-state index contributed by atoms with van der Waals surface area (Å²) in [6, 6.07) is -0.885. The van der Waals surface area contributed by atoms with Gasteiger partial charge in [0, 0.05) is 0 Å². The lowest BCUT2D eigenvalue weighted by Gasteiger charge is -2.09. The van der Waals surface area contributed by atoms with Crippen LogP contribution in [-0.2, 0) is 9.59 Å². The molecule has 4 nitrogen and oxygen atoms in total. The van der Waals surface area contributed by atoms with Gasteiger partial charge in [0.25, 0.3) is 0 Å². The molecule has 0 bridgehead atoms. The van der Waals surface area contributed by atoms with Crippen LogP contribution < -0.4 is 5.32 Å². The van der Waals surface area contributed by atoms with Crippen LogP contribution >= 0.6 is 11.6 Å². The summed E-state index contributed by atoms with van der Waals surface area (Å²) in [6.07, 6.45) is 0. The zero-order valence-electron chi connectivity index (χ0n) is 6.30. The van der Waals surface area contributed by atoms with E-state index in [4.69, 9.17) is 16.7 Å². The lowest BCUT2D eigenvalue weighted by atomic mass is 10.3. The molecule has 1 amide bonds. The number of alkyl halides is 1. The summed E-state index contributed by atoms with van der Waals surface area (Å²) in [6.45, 7) is 2.85. The third-order valence-electron chi connectivity index (χ3n) is 1.09. The van der Waals surface area contributed by atoms with Crippen molar-refractivity contribution in [3.05, 3.63) is 0 Å². The molecule has 2 unspecified atom stereocenters. The zero-order chi connectivity index (χ0) is 9.02. The van der Waals surface area contributed by atoms with Crippen LogP contribution in [0.25, 0.3) is 0 Å². The minimum Gasteiger partial charge on any atom is -0.480 e. The molecule has 0 heterocycles. The number of halogens is 1. The molecule has 0 aromatic carbocycles. The SMILES string of the molecule is CC(Cl)C(=O)NC(C)C(=O)O. The predicted molar refractivity (Wildman–Crippen MR) is 40.6 cm³/mol. The molecule has 0 aromatic heterocycles. The van der Waals surface area contributed by atoms with Crippen molar-refractivity contribution in [2.45, 2.75) is 25.3 Å². The molecule has 11 heavy (non-hydrogen) atoms. The fourth-order valence-corrected chi connectivity index (χ4v) is 0.453. The van der Waals surface area contributed by atoms with E-state index in [9.17, 15) is 9.59 Å². The fourth-order valence-electron chi connectivity index (χ4n) is 0.390. The molecule has 0 aliphatic heterocycles. The molecule has 0 saturated carbocycles. The molecular formula is C6H10ClNO3. The molecule has 0 aromatic rings. The monoisotopic (exact) mass is 179 g/mol. The van der Waals surface area contributed by atoms with Crippen LogP contribution in [0.1, 0.15) is 13.8 Å². The van der Waals surface area contributed by atoms with Crippen LogP contribution in [0, 0.1) is 0 Å². The van der Waals surface area contributed by atoms with Gasteiger partial charge in [0.15, 0.2) is 0 Å². The average molecular weight is 180 g/mol. The van der Waals surface area contributed by atoms with Gasteiger partial charge in [-0.3, -0.25) is 9.59 Å². The highest BCUT2D eigenvalue weighted by Crippen LogP contribution is 1.93. The Kier molecular flexibility index (Phi) is 3.89. The van der Waals surface area contributed by atoms with E-state index in [-0.39, 0.29) is 0 Å². The standard InChI is InChI=1S/C6H10ClNO3/c1-3(7)5(9)8-4(2)6(10)11/h3-4H,1-2H3,(H,8,9)(H,10,11). The number of aliphatic carboxylic acids is 1. The van der Waals surface area contributed by atoms with E-state index < -0.39 is 23.3 Å². The number of nitrogens with one attached hydrogen (secondary N) is 1. The summed E-state index contributed by atoms with van der Waals surface area (Å²) in [4.78, 5) is 21.0. The van der Waals surface area contributed by atoms with Gasteiger partial charge in [-0.25, -0.2) is 0 Å². The first-order valence-corrected chi connectivity index (χ1v) is 3.56. The summed E-state index contributed by atoms with van der Waals surface area (Å²) in [7, 11) is 0. The number of hydrogen-bond donors (Lipinski definition) is 2. The molecule has 0 saturated heterocycles. The highest BCUT2D eigenvalue weighted by molar-refractivity contribution is 6.30. The van der Waals surface area contributed by atoms with Gasteiger partial charge in [-0.15, -0.1) is 11.6 Å². The minimum absolute atomic E-state index is 0.471. The largest absolute Gasteiger partial charge is 0.480 e. The quantitative estimate of drug-likeness (QED) is 0.609. The maximum absolute atomic E-state index is 10.8. The van der Waals surface area contributed by atoms with E-state index in [2.05, 4.69) is 5.32 Å². The van der Waals surface area contributed by atoms with E-state index in [0.29, 0.717) is 0 Å². The molecule has 0 radical (unpaired) electrons. The van der Waals surface area contributed by atoms with Gasteiger partial charge < -0.3 is 10.4 Å². The van der Waals surface area contributed by atoms with Crippen molar-refractivity contribution >= 4 is 23.5 Å². The molecule has 0 spiro atoms. The van der Waals surface area contributed by atoms with Crippen molar-refractivity contribution in [2.75, 3.05) is 0 Å². The topological polar surface area (TPSA) is 66.4 Å². The molecule has 5 heteroatoms. The Morgan fingerprint density at radius 2 is 1.91 bits per heavy atom. The lowest BCUT2D eigenvalue weighted by molar-refractivity contribution is -0.141. The number of rotatable bonds is 3. The fraction of sp³-hybridized carbons (Fsp3) is 0.667. The van der Waals surface area contributed by atoms with Crippen molar-refractivity contribution in [3.63, 3.8) is 0 Å². The van der Waals surface area contributed by atoms with Crippen molar-refractivity contribution in [1.82, 2.24) is 5.32 Å². The number of amides is 1. The maximum atomic E-state index is 10.8. The number of hydrogen-bond acceptors (Lipinski definition) is 2. The Morgan fingerprint density at radius 1 is 1.45 bits per heavy atom. The molecular weight excluding hydrogens is 170 g/mol. The van der Waals surface area contributed by atoms with Gasteiger partial charge in [-0.05, 0) is 13.8 Å². The third-order valence-corrected chi connectivity index (χ3v) is 1.29. The second-order valence-electron chi connectivity index (χ2n) is 2.18. The molecule has 0 aliphatic carbocycles. The highest BCUT2D eigenvalue weighted by Gasteiger charge is 2.16. The van der Waals surface area contributed by atoms with Gasteiger partial charge in [0.2, 0.25) is 5.91 Å². The Hall–Kier alpha value is -0.770. The van der Waals surface area contributed by atoms with E-state index in [1.54, 1.807) is 0 Å². The first-order chi connectivity index (χ1) is 4.95. The molecule has 2 atom stereocenters. The first-order valence-electron chi connectivity index (χ1n) is 3.12. The van der Waals surface area contributed by atoms with Crippen LogP contribution in [0.3, 0.4) is 0 Å². The number of carbonyl (C=O) groups excluding carboxylic acids is 1. The smallest absolute Gasteiger partial charge is 0.325 e. The maximum Gasteiger partial charge on any atom is 0.325 e. The Labute approximate surface area is 69.5 Å². The van der Waals surface area contributed by atoms with Crippen molar-refractivity contribution in [2.24, 2.45) is 0 Å². The van der Waals surface area contributed by atoms with Gasteiger partial charge in [0.1, 0.15) is 11.4 Å². The molecule has 0 fully saturated rings. The Bertz CT molecular complexity index is 169. The van der Waals surface area contributed by atoms with E-state index in [1.165, 1.54) is 13.8 Å². The van der Waals surface area contributed by atoms with E-state index >= 15 is 0 Å². The summed E-state index contributed by atoms with van der Waals surface area (Å²) < 4.78 is 0. The summed E-state index contributed by atoms with van der Waals surface area (Å²) >= 11 is 5.37. The summed E-state index contributed by atoms with van der Waals surface area (Å²) in [5, 5.41) is 9.87. The zero-order valence-corrected chi connectivity index (χ0v) is 7.05. The number of carboxylic acid groups (broad SMARTS) is 1. The molecule has 0 rings (SSSR count).